The van der Waals surface area contributed by atoms with Gasteiger partial charge in [-0.25, -0.2) is 4.99 Å². The Labute approximate surface area is 151 Å². The van der Waals surface area contributed by atoms with Gasteiger partial charge in [-0.3, -0.25) is 4.79 Å². The lowest BCUT2D eigenvalue weighted by molar-refractivity contribution is 0.0963. The fraction of sp³-hybridized carbons (Fsp3) is 0.500. The van der Waals surface area contributed by atoms with Crippen LogP contribution in [0.3, 0.4) is 0 Å². The van der Waals surface area contributed by atoms with Gasteiger partial charge in [0, 0.05) is 25.7 Å². The van der Waals surface area contributed by atoms with Gasteiger partial charge in [-0.15, -0.1) is 0 Å². The lowest BCUT2D eigenvalue weighted by Crippen LogP contribution is -2.37. The lowest BCUT2D eigenvalue weighted by Gasteiger charge is -2.15. The third-order valence-corrected chi connectivity index (χ3v) is 4.30. The van der Waals surface area contributed by atoms with Crippen LogP contribution in [0.15, 0.2) is 40.9 Å². The maximum Gasteiger partial charge on any atom is 0.251 e. The Bertz CT molecular complexity index is 622. The Balaban J connectivity index is 1.90. The highest BCUT2D eigenvalue weighted by Gasteiger charge is 2.05. The van der Waals surface area contributed by atoms with Crippen molar-refractivity contribution >= 4 is 11.9 Å². The van der Waals surface area contributed by atoms with Gasteiger partial charge in [-0.1, -0.05) is 23.8 Å². The SMILES string of the molecule is CCNC(=NCc1cccc(C(=O)NC)c1)NCCC1=CCCCC1. The smallest absolute Gasteiger partial charge is 0.251 e. The van der Waals surface area contributed by atoms with E-state index in [4.69, 9.17) is 0 Å². The number of allylic oxidation sites excluding steroid dienone is 1. The Morgan fingerprint density at radius 2 is 2.12 bits per heavy atom. The minimum atomic E-state index is -0.0726. The van der Waals surface area contributed by atoms with E-state index < -0.39 is 0 Å². The predicted molar refractivity (Wildman–Crippen MR) is 104 cm³/mol. The van der Waals surface area contributed by atoms with Gasteiger partial charge in [0.1, 0.15) is 0 Å². The highest BCUT2D eigenvalue weighted by atomic mass is 16.1. The number of nitrogens with one attached hydrogen (secondary N) is 3. The number of carbonyl (C=O) groups excluding carboxylic acids is 1. The summed E-state index contributed by atoms with van der Waals surface area (Å²) in [5, 5.41) is 9.33. The fourth-order valence-electron chi connectivity index (χ4n) is 2.94. The zero-order chi connectivity index (χ0) is 17.9. The normalized spacial score (nSPS) is 14.6. The van der Waals surface area contributed by atoms with E-state index in [1.165, 1.54) is 25.7 Å². The summed E-state index contributed by atoms with van der Waals surface area (Å²) in [6.45, 7) is 4.33. The van der Waals surface area contributed by atoms with Crippen LogP contribution in [0.25, 0.3) is 0 Å². The molecule has 5 nitrogen and oxygen atoms in total. The van der Waals surface area contributed by atoms with E-state index in [2.05, 4.69) is 33.9 Å². The van der Waals surface area contributed by atoms with Crippen LogP contribution in [0.2, 0.25) is 0 Å². The molecule has 0 saturated carbocycles. The second-order valence-electron chi connectivity index (χ2n) is 6.26. The quantitative estimate of drug-likeness (QED) is 0.405. The zero-order valence-corrected chi connectivity index (χ0v) is 15.4. The molecule has 25 heavy (non-hydrogen) atoms. The minimum absolute atomic E-state index is 0.0726. The van der Waals surface area contributed by atoms with Gasteiger partial charge in [0.15, 0.2) is 5.96 Å². The molecule has 5 heteroatoms. The molecule has 0 fully saturated rings. The molecule has 0 spiro atoms. The maximum atomic E-state index is 11.7. The molecule has 1 aliphatic carbocycles. The molecule has 0 bridgehead atoms. The summed E-state index contributed by atoms with van der Waals surface area (Å²) in [5.74, 6) is 0.751. The van der Waals surface area contributed by atoms with E-state index >= 15 is 0 Å². The molecule has 1 aromatic rings. The summed E-state index contributed by atoms with van der Waals surface area (Å²) >= 11 is 0. The molecule has 0 heterocycles. The van der Waals surface area contributed by atoms with Crippen molar-refractivity contribution in [3.05, 3.63) is 47.0 Å². The second-order valence-corrected chi connectivity index (χ2v) is 6.26. The van der Waals surface area contributed by atoms with E-state index in [0.29, 0.717) is 12.1 Å². The van der Waals surface area contributed by atoms with Gasteiger partial charge >= 0.3 is 0 Å². The average Bonchev–Trinajstić information content (AvgIpc) is 2.66. The maximum absolute atomic E-state index is 11.7. The van der Waals surface area contributed by atoms with Gasteiger partial charge in [-0.05, 0) is 56.7 Å². The van der Waals surface area contributed by atoms with Crippen LogP contribution in [0.1, 0.15) is 54.9 Å². The summed E-state index contributed by atoms with van der Waals surface area (Å²) < 4.78 is 0. The number of carbonyl (C=O) groups is 1. The summed E-state index contributed by atoms with van der Waals surface area (Å²) in [6.07, 6.45) is 8.58. The van der Waals surface area contributed by atoms with Gasteiger partial charge < -0.3 is 16.0 Å². The molecule has 1 amide bonds. The van der Waals surface area contributed by atoms with Crippen molar-refractivity contribution in [1.29, 1.82) is 0 Å². The topological polar surface area (TPSA) is 65.5 Å². The molecule has 0 radical (unpaired) electrons. The molecule has 0 aliphatic heterocycles. The van der Waals surface area contributed by atoms with Crippen molar-refractivity contribution in [3.8, 4) is 0 Å². The van der Waals surface area contributed by atoms with Gasteiger partial charge in [-0.2, -0.15) is 0 Å². The Hall–Kier alpha value is -2.30. The number of hydrogen-bond acceptors (Lipinski definition) is 2. The highest BCUT2D eigenvalue weighted by molar-refractivity contribution is 5.94. The molecule has 0 saturated heterocycles. The number of nitrogens with zero attached hydrogens (tertiary/aromatic N) is 1. The third kappa shape index (κ3) is 6.61. The highest BCUT2D eigenvalue weighted by Crippen LogP contribution is 2.19. The molecule has 1 aliphatic rings. The first-order valence-electron chi connectivity index (χ1n) is 9.24. The Morgan fingerprint density at radius 1 is 1.24 bits per heavy atom. The Morgan fingerprint density at radius 3 is 2.84 bits per heavy atom. The van der Waals surface area contributed by atoms with Crippen molar-refractivity contribution in [2.24, 2.45) is 4.99 Å². The standard InChI is InChI=1S/C20H30N4O/c1-3-22-20(23-13-12-16-8-5-4-6-9-16)24-15-17-10-7-11-18(14-17)19(25)21-2/h7-8,10-11,14H,3-6,9,12-13,15H2,1-2H3,(H,21,25)(H2,22,23,24). The zero-order valence-electron chi connectivity index (χ0n) is 15.4. The van der Waals surface area contributed by atoms with Gasteiger partial charge in [0.05, 0.1) is 6.54 Å². The first-order valence-corrected chi connectivity index (χ1v) is 9.24. The summed E-state index contributed by atoms with van der Waals surface area (Å²) in [5.41, 5.74) is 3.25. The predicted octanol–water partition coefficient (Wildman–Crippen LogP) is 2.99. The van der Waals surface area contributed by atoms with Gasteiger partial charge in [0.25, 0.3) is 5.91 Å². The molecular weight excluding hydrogens is 312 g/mol. The van der Waals surface area contributed by atoms with Crippen LogP contribution < -0.4 is 16.0 Å². The van der Waals surface area contributed by atoms with Crippen LogP contribution in [0.4, 0.5) is 0 Å². The van der Waals surface area contributed by atoms with Crippen molar-refractivity contribution in [1.82, 2.24) is 16.0 Å². The van der Waals surface area contributed by atoms with E-state index in [1.807, 2.05) is 24.3 Å². The van der Waals surface area contributed by atoms with Crippen molar-refractivity contribution in [2.75, 3.05) is 20.1 Å². The summed E-state index contributed by atoms with van der Waals surface area (Å²) in [4.78, 5) is 16.4. The molecule has 0 aromatic heterocycles. The Kier molecular flexibility index (Phi) is 8.02. The molecular formula is C20H30N4O. The molecule has 0 atom stereocenters. The first-order chi connectivity index (χ1) is 12.2. The number of guanidine groups is 1. The van der Waals surface area contributed by atoms with Crippen molar-refractivity contribution in [2.45, 2.75) is 45.6 Å². The van der Waals surface area contributed by atoms with Crippen molar-refractivity contribution < 1.29 is 4.79 Å². The summed E-state index contributed by atoms with van der Waals surface area (Å²) in [7, 11) is 1.64. The van der Waals surface area contributed by atoms with E-state index in [-0.39, 0.29) is 5.91 Å². The van der Waals surface area contributed by atoms with Crippen LogP contribution >= 0.6 is 0 Å². The third-order valence-electron chi connectivity index (χ3n) is 4.30. The molecule has 136 valence electrons. The van der Waals surface area contributed by atoms with E-state index in [9.17, 15) is 4.79 Å². The van der Waals surface area contributed by atoms with Crippen LogP contribution in [-0.4, -0.2) is 32.0 Å². The summed E-state index contributed by atoms with van der Waals surface area (Å²) in [6, 6.07) is 7.59. The van der Waals surface area contributed by atoms with E-state index in [0.717, 1.165) is 31.0 Å². The first kappa shape index (κ1) is 19.0. The fourth-order valence-corrected chi connectivity index (χ4v) is 2.94. The monoisotopic (exact) mass is 342 g/mol. The molecule has 2 rings (SSSR count). The number of hydrogen-bond donors (Lipinski definition) is 3. The number of aliphatic imine (C=N–C) groups is 1. The second kappa shape index (κ2) is 10.5. The van der Waals surface area contributed by atoms with Crippen LogP contribution in [0, 0.1) is 0 Å². The van der Waals surface area contributed by atoms with Crippen molar-refractivity contribution in [3.63, 3.8) is 0 Å². The number of rotatable bonds is 7. The molecule has 3 N–H and O–H groups in total. The average molecular weight is 342 g/mol. The largest absolute Gasteiger partial charge is 0.357 e. The molecule has 0 unspecified atom stereocenters. The number of benzene rings is 1. The van der Waals surface area contributed by atoms with Crippen LogP contribution in [-0.2, 0) is 6.54 Å². The minimum Gasteiger partial charge on any atom is -0.357 e. The van der Waals surface area contributed by atoms with Crippen LogP contribution in [0.5, 0.6) is 0 Å². The van der Waals surface area contributed by atoms with E-state index in [1.54, 1.807) is 12.6 Å². The van der Waals surface area contributed by atoms with Gasteiger partial charge in [0.2, 0.25) is 0 Å². The lowest BCUT2D eigenvalue weighted by atomic mass is 9.97. The molecule has 1 aromatic carbocycles. The number of amides is 1.